The third-order valence-corrected chi connectivity index (χ3v) is 4.75. The molecule has 0 fully saturated rings. The molecular weight excluding hydrogens is 424 g/mol. The Morgan fingerprint density at radius 2 is 1.64 bits per heavy atom. The third-order valence-electron chi connectivity index (χ3n) is 4.75. The van der Waals surface area contributed by atoms with Gasteiger partial charge in [-0.2, -0.15) is 4.98 Å². The summed E-state index contributed by atoms with van der Waals surface area (Å²) in [6.07, 6.45) is 1.00. The maximum Gasteiger partial charge on any atom is 0.414 e. The zero-order valence-electron chi connectivity index (χ0n) is 18.6. The molecule has 2 aromatic carbocycles. The Bertz CT molecular complexity index is 1080. The van der Waals surface area contributed by atoms with Crippen LogP contribution in [0.5, 0.6) is 5.75 Å². The van der Waals surface area contributed by atoms with E-state index >= 15 is 0 Å². The highest BCUT2D eigenvalue weighted by Crippen LogP contribution is 2.18. The summed E-state index contributed by atoms with van der Waals surface area (Å²) in [5.41, 5.74) is 1.81. The second kappa shape index (κ2) is 10.9. The summed E-state index contributed by atoms with van der Waals surface area (Å²) in [6.45, 7) is 1.98. The van der Waals surface area contributed by atoms with Crippen LogP contribution in [0.2, 0.25) is 0 Å². The van der Waals surface area contributed by atoms with Crippen molar-refractivity contribution in [1.82, 2.24) is 19.9 Å². The molecule has 33 heavy (non-hydrogen) atoms. The summed E-state index contributed by atoms with van der Waals surface area (Å²) >= 11 is 0. The number of aliphatic carboxylic acids is 1. The first-order valence-electron chi connectivity index (χ1n) is 10.3. The van der Waals surface area contributed by atoms with Gasteiger partial charge >= 0.3 is 12.1 Å². The van der Waals surface area contributed by atoms with E-state index in [0.717, 1.165) is 11.1 Å². The lowest BCUT2D eigenvalue weighted by atomic mass is 10.1. The van der Waals surface area contributed by atoms with Gasteiger partial charge in [0.15, 0.2) is 0 Å². The van der Waals surface area contributed by atoms with Crippen LogP contribution in [0.25, 0.3) is 0 Å². The molecule has 1 amide bonds. The summed E-state index contributed by atoms with van der Waals surface area (Å²) in [5.74, 6) is -0.194. The monoisotopic (exact) mass is 450 g/mol. The number of hydrogen-bond acceptors (Lipinski definition) is 8. The number of aromatic nitrogens is 3. The molecule has 0 saturated carbocycles. The van der Waals surface area contributed by atoms with Crippen LogP contribution in [-0.4, -0.2) is 57.2 Å². The zero-order chi connectivity index (χ0) is 23.8. The molecule has 172 valence electrons. The van der Waals surface area contributed by atoms with Crippen molar-refractivity contribution in [3.05, 3.63) is 72.1 Å². The number of rotatable bonds is 9. The van der Waals surface area contributed by atoms with Crippen molar-refractivity contribution in [1.29, 1.82) is 0 Å². The highest BCUT2D eigenvalue weighted by atomic mass is 16.6. The second-order valence-electron chi connectivity index (χ2n) is 7.56. The number of hydrogen-bond donors (Lipinski definition) is 3. The van der Waals surface area contributed by atoms with Crippen molar-refractivity contribution in [2.45, 2.75) is 25.4 Å². The molecular formula is C23H26N6O4. The molecule has 2 atom stereocenters. The van der Waals surface area contributed by atoms with E-state index < -0.39 is 18.1 Å². The molecule has 3 rings (SSSR count). The molecule has 0 saturated heterocycles. The Hall–Kier alpha value is -4.21. The van der Waals surface area contributed by atoms with E-state index in [0.29, 0.717) is 11.7 Å². The lowest BCUT2D eigenvalue weighted by Gasteiger charge is -2.17. The number of carbonyl (C=O) groups is 2. The Labute approximate surface area is 191 Å². The minimum absolute atomic E-state index is 0.0446. The van der Waals surface area contributed by atoms with E-state index in [1.165, 1.54) is 11.2 Å². The summed E-state index contributed by atoms with van der Waals surface area (Å²) in [6, 6.07) is 15.5. The minimum atomic E-state index is -1.05. The van der Waals surface area contributed by atoms with Crippen LogP contribution >= 0.6 is 0 Å². The molecule has 0 aliphatic heterocycles. The molecule has 3 N–H and O–H groups in total. The molecule has 3 aromatic rings. The lowest BCUT2D eigenvalue weighted by molar-refractivity contribution is -0.137. The van der Waals surface area contributed by atoms with Crippen LogP contribution in [0.1, 0.15) is 24.1 Å². The summed E-state index contributed by atoms with van der Waals surface area (Å²) in [7, 11) is 3.18. The summed E-state index contributed by atoms with van der Waals surface area (Å²) in [5, 5.41) is 15.7. The SMILES string of the molecule is CC(Nc1ncnc(N[C@@H](Cc2ccc(OC(=O)N(C)C)cc2)C(=O)O)n1)c1ccccc1. The fourth-order valence-electron chi connectivity index (χ4n) is 2.93. The number of amides is 1. The fraction of sp³-hybridized carbons (Fsp3) is 0.261. The number of benzene rings is 2. The van der Waals surface area contributed by atoms with Gasteiger partial charge in [0, 0.05) is 20.5 Å². The average Bonchev–Trinajstić information content (AvgIpc) is 2.80. The van der Waals surface area contributed by atoms with Crippen molar-refractivity contribution < 1.29 is 19.4 Å². The molecule has 10 heteroatoms. The normalized spacial score (nSPS) is 12.3. The molecule has 0 aliphatic rings. The molecule has 0 spiro atoms. The first-order chi connectivity index (χ1) is 15.8. The van der Waals surface area contributed by atoms with Gasteiger partial charge < -0.3 is 25.4 Å². The van der Waals surface area contributed by atoms with E-state index in [2.05, 4.69) is 25.6 Å². The first kappa shape index (κ1) is 23.5. The summed E-state index contributed by atoms with van der Waals surface area (Å²) < 4.78 is 5.18. The van der Waals surface area contributed by atoms with E-state index in [9.17, 15) is 14.7 Å². The topological polar surface area (TPSA) is 130 Å². The highest BCUT2D eigenvalue weighted by molar-refractivity contribution is 5.77. The number of carboxylic acid groups (broad SMARTS) is 1. The maximum absolute atomic E-state index is 11.8. The number of nitrogens with zero attached hydrogens (tertiary/aromatic N) is 4. The predicted molar refractivity (Wildman–Crippen MR) is 123 cm³/mol. The Balaban J connectivity index is 1.64. The maximum atomic E-state index is 11.8. The molecule has 0 bridgehead atoms. The van der Waals surface area contributed by atoms with Crippen LogP contribution in [-0.2, 0) is 11.2 Å². The smallest absolute Gasteiger partial charge is 0.414 e. The van der Waals surface area contributed by atoms with Gasteiger partial charge in [0.25, 0.3) is 0 Å². The van der Waals surface area contributed by atoms with Gasteiger partial charge in [-0.25, -0.2) is 19.6 Å². The van der Waals surface area contributed by atoms with Crippen molar-refractivity contribution >= 4 is 24.0 Å². The second-order valence-corrected chi connectivity index (χ2v) is 7.56. The quantitative estimate of drug-likeness (QED) is 0.450. The van der Waals surface area contributed by atoms with Gasteiger partial charge in [-0.3, -0.25) is 0 Å². The molecule has 1 unspecified atom stereocenters. The summed E-state index contributed by atoms with van der Waals surface area (Å²) in [4.78, 5) is 37.2. The number of ether oxygens (including phenoxy) is 1. The van der Waals surface area contributed by atoms with Crippen molar-refractivity contribution in [2.75, 3.05) is 24.7 Å². The molecule has 1 aromatic heterocycles. The Morgan fingerprint density at radius 3 is 2.24 bits per heavy atom. The van der Waals surface area contributed by atoms with Crippen LogP contribution in [0.4, 0.5) is 16.7 Å². The molecule has 0 aliphatic carbocycles. The molecule has 0 radical (unpaired) electrons. The number of carbonyl (C=O) groups excluding carboxylic acids is 1. The van der Waals surface area contributed by atoms with Crippen molar-refractivity contribution in [3.63, 3.8) is 0 Å². The average molecular weight is 450 g/mol. The Morgan fingerprint density at radius 1 is 1.00 bits per heavy atom. The Kier molecular flexibility index (Phi) is 7.74. The largest absolute Gasteiger partial charge is 0.480 e. The van der Waals surface area contributed by atoms with Gasteiger partial charge in [-0.15, -0.1) is 0 Å². The van der Waals surface area contributed by atoms with E-state index in [-0.39, 0.29) is 18.4 Å². The number of anilines is 2. The predicted octanol–water partition coefficient (Wildman–Crippen LogP) is 3.21. The van der Waals surface area contributed by atoms with Crippen molar-refractivity contribution in [3.8, 4) is 5.75 Å². The van der Waals surface area contributed by atoms with Gasteiger partial charge in [0.1, 0.15) is 18.1 Å². The van der Waals surface area contributed by atoms with E-state index in [4.69, 9.17) is 4.74 Å². The fourth-order valence-corrected chi connectivity index (χ4v) is 2.93. The van der Waals surface area contributed by atoms with E-state index in [1.807, 2.05) is 37.3 Å². The minimum Gasteiger partial charge on any atom is -0.480 e. The van der Waals surface area contributed by atoms with Gasteiger partial charge in [-0.05, 0) is 30.2 Å². The van der Waals surface area contributed by atoms with Crippen LogP contribution in [0, 0.1) is 0 Å². The highest BCUT2D eigenvalue weighted by Gasteiger charge is 2.20. The number of carboxylic acids is 1. The third kappa shape index (κ3) is 6.89. The zero-order valence-corrected chi connectivity index (χ0v) is 18.6. The van der Waals surface area contributed by atoms with Gasteiger partial charge in [-0.1, -0.05) is 42.5 Å². The van der Waals surface area contributed by atoms with Crippen LogP contribution < -0.4 is 15.4 Å². The number of nitrogens with one attached hydrogen (secondary N) is 2. The first-order valence-corrected chi connectivity index (χ1v) is 10.3. The molecule has 10 nitrogen and oxygen atoms in total. The van der Waals surface area contributed by atoms with Gasteiger partial charge in [0.2, 0.25) is 11.9 Å². The van der Waals surface area contributed by atoms with Crippen molar-refractivity contribution in [2.24, 2.45) is 0 Å². The molecule has 1 heterocycles. The lowest BCUT2D eigenvalue weighted by Crippen LogP contribution is -2.32. The standard InChI is InChI=1S/C23H26N6O4/c1-15(17-7-5-4-6-8-17)26-21-24-14-25-22(28-21)27-19(20(30)31)13-16-9-11-18(12-10-16)33-23(32)29(2)3/h4-12,14-15,19H,13H2,1-3H3,(H,30,31)(H2,24,25,26,27,28)/t15?,19-/m0/s1. The van der Waals surface area contributed by atoms with Crippen LogP contribution in [0.15, 0.2) is 60.9 Å². The van der Waals surface area contributed by atoms with E-state index in [1.54, 1.807) is 38.4 Å². The van der Waals surface area contributed by atoms with Crippen LogP contribution in [0.3, 0.4) is 0 Å². The van der Waals surface area contributed by atoms with Gasteiger partial charge in [0.05, 0.1) is 6.04 Å².